The summed E-state index contributed by atoms with van der Waals surface area (Å²) in [7, 11) is 1.64. The molecule has 1 atom stereocenters. The summed E-state index contributed by atoms with van der Waals surface area (Å²) >= 11 is 3.68. The standard InChI is InChI=1S/C17H15BrF3NO2/c1-23-14-4-2-3-12-10-22(16(18)15(12)14)9-11-5-7-13(8-6-11)24-17(19,20)21/h2-8,16H,9-10H2,1H3. The molecular formula is C17H15BrF3NO2. The molecule has 1 heterocycles. The van der Waals surface area contributed by atoms with Gasteiger partial charge in [0.05, 0.1) is 12.1 Å². The Labute approximate surface area is 146 Å². The lowest BCUT2D eigenvalue weighted by Gasteiger charge is -2.21. The third-order valence-electron chi connectivity index (χ3n) is 3.85. The molecule has 0 aliphatic carbocycles. The monoisotopic (exact) mass is 401 g/mol. The van der Waals surface area contributed by atoms with E-state index in [2.05, 4.69) is 25.6 Å². The van der Waals surface area contributed by atoms with Crippen molar-refractivity contribution in [3.8, 4) is 11.5 Å². The van der Waals surface area contributed by atoms with Gasteiger partial charge < -0.3 is 9.47 Å². The van der Waals surface area contributed by atoms with Crippen molar-refractivity contribution < 1.29 is 22.6 Å². The average molecular weight is 402 g/mol. The van der Waals surface area contributed by atoms with Crippen LogP contribution in [0.3, 0.4) is 0 Å². The number of benzene rings is 2. The molecule has 2 aromatic carbocycles. The van der Waals surface area contributed by atoms with Gasteiger partial charge in [0, 0.05) is 18.7 Å². The normalized spacial score (nSPS) is 17.6. The van der Waals surface area contributed by atoms with Gasteiger partial charge in [0.2, 0.25) is 0 Å². The minimum Gasteiger partial charge on any atom is -0.496 e. The van der Waals surface area contributed by atoms with Crippen LogP contribution in [0.2, 0.25) is 0 Å². The van der Waals surface area contributed by atoms with E-state index in [4.69, 9.17) is 4.74 Å². The maximum Gasteiger partial charge on any atom is 0.573 e. The molecule has 0 bridgehead atoms. The highest BCUT2D eigenvalue weighted by Crippen LogP contribution is 2.43. The first-order valence-electron chi connectivity index (χ1n) is 7.26. The molecule has 3 nitrogen and oxygen atoms in total. The molecule has 0 saturated carbocycles. The summed E-state index contributed by atoms with van der Waals surface area (Å²) in [6.45, 7) is 1.34. The van der Waals surface area contributed by atoms with E-state index in [0.29, 0.717) is 6.54 Å². The number of halogens is 4. The van der Waals surface area contributed by atoms with Crippen LogP contribution in [-0.4, -0.2) is 18.4 Å². The van der Waals surface area contributed by atoms with E-state index in [1.54, 1.807) is 19.2 Å². The minimum absolute atomic E-state index is 0.00486. The van der Waals surface area contributed by atoms with E-state index in [-0.39, 0.29) is 10.7 Å². The van der Waals surface area contributed by atoms with Crippen molar-refractivity contribution in [2.24, 2.45) is 0 Å². The maximum absolute atomic E-state index is 12.2. The Balaban J connectivity index is 1.71. The second-order valence-corrected chi connectivity index (χ2v) is 6.33. The second kappa shape index (κ2) is 6.64. The predicted octanol–water partition coefficient (Wildman–Crippen LogP) is 5.00. The first-order chi connectivity index (χ1) is 11.4. The van der Waals surface area contributed by atoms with Crippen molar-refractivity contribution in [2.45, 2.75) is 24.4 Å². The van der Waals surface area contributed by atoms with Gasteiger partial charge in [-0.3, -0.25) is 4.90 Å². The fourth-order valence-corrected chi connectivity index (χ4v) is 3.63. The SMILES string of the molecule is COc1cccc2c1C(Br)N(Cc1ccc(OC(F)(F)F)cc1)C2. The van der Waals surface area contributed by atoms with Crippen molar-refractivity contribution in [1.29, 1.82) is 0 Å². The van der Waals surface area contributed by atoms with E-state index in [0.717, 1.165) is 23.4 Å². The first kappa shape index (κ1) is 17.1. The highest BCUT2D eigenvalue weighted by molar-refractivity contribution is 9.09. The van der Waals surface area contributed by atoms with Gasteiger partial charge in [-0.05, 0) is 29.3 Å². The number of hydrogen-bond donors (Lipinski definition) is 0. The van der Waals surface area contributed by atoms with Crippen molar-refractivity contribution in [2.75, 3.05) is 7.11 Å². The Hall–Kier alpha value is -1.73. The summed E-state index contributed by atoms with van der Waals surface area (Å²) < 4.78 is 45.9. The number of ether oxygens (including phenoxy) is 2. The molecule has 3 rings (SSSR count). The minimum atomic E-state index is -4.67. The molecule has 24 heavy (non-hydrogen) atoms. The van der Waals surface area contributed by atoms with Crippen LogP contribution in [0.1, 0.15) is 21.6 Å². The van der Waals surface area contributed by atoms with Crippen LogP contribution >= 0.6 is 15.9 Å². The quantitative estimate of drug-likeness (QED) is 0.531. The molecule has 1 aliphatic heterocycles. The number of nitrogens with zero attached hydrogens (tertiary/aromatic N) is 1. The zero-order valence-electron chi connectivity index (χ0n) is 12.8. The molecule has 0 saturated heterocycles. The van der Waals surface area contributed by atoms with E-state index in [9.17, 15) is 13.2 Å². The fourth-order valence-electron chi connectivity index (χ4n) is 2.82. The van der Waals surface area contributed by atoms with Gasteiger partial charge in [0.1, 0.15) is 11.5 Å². The van der Waals surface area contributed by atoms with Gasteiger partial charge in [-0.1, -0.05) is 40.2 Å². The highest BCUT2D eigenvalue weighted by atomic mass is 79.9. The molecular weight excluding hydrogens is 387 g/mol. The zero-order valence-corrected chi connectivity index (χ0v) is 14.4. The van der Waals surface area contributed by atoms with Gasteiger partial charge >= 0.3 is 6.36 Å². The highest BCUT2D eigenvalue weighted by Gasteiger charge is 2.32. The average Bonchev–Trinajstić information content (AvgIpc) is 2.84. The van der Waals surface area contributed by atoms with Crippen molar-refractivity contribution in [3.05, 3.63) is 59.2 Å². The molecule has 0 fully saturated rings. The number of methoxy groups -OCH3 is 1. The largest absolute Gasteiger partial charge is 0.573 e. The van der Waals surface area contributed by atoms with Gasteiger partial charge in [-0.25, -0.2) is 0 Å². The van der Waals surface area contributed by atoms with E-state index in [1.807, 2.05) is 18.2 Å². The Morgan fingerprint density at radius 1 is 1.17 bits per heavy atom. The van der Waals surface area contributed by atoms with Gasteiger partial charge in [0.25, 0.3) is 0 Å². The number of fused-ring (bicyclic) bond motifs is 1. The lowest BCUT2D eigenvalue weighted by atomic mass is 10.1. The van der Waals surface area contributed by atoms with E-state index in [1.165, 1.54) is 17.7 Å². The van der Waals surface area contributed by atoms with Crippen LogP contribution in [0.5, 0.6) is 11.5 Å². The van der Waals surface area contributed by atoms with Crippen molar-refractivity contribution in [3.63, 3.8) is 0 Å². The Kier molecular flexibility index (Phi) is 4.73. The molecule has 1 unspecified atom stereocenters. The van der Waals surface area contributed by atoms with Crippen LogP contribution in [0.15, 0.2) is 42.5 Å². The summed E-state index contributed by atoms with van der Waals surface area (Å²) in [6, 6.07) is 11.9. The maximum atomic E-state index is 12.2. The summed E-state index contributed by atoms with van der Waals surface area (Å²) in [6.07, 6.45) is -4.67. The Bertz CT molecular complexity index is 719. The summed E-state index contributed by atoms with van der Waals surface area (Å²) in [5.74, 6) is 0.610. The van der Waals surface area contributed by atoms with Crippen LogP contribution in [0.4, 0.5) is 13.2 Å². The zero-order chi connectivity index (χ0) is 17.3. The van der Waals surface area contributed by atoms with E-state index >= 15 is 0 Å². The third kappa shape index (κ3) is 3.67. The summed E-state index contributed by atoms with van der Waals surface area (Å²) in [5, 5.41) is 0. The molecule has 0 aromatic heterocycles. The number of rotatable bonds is 4. The van der Waals surface area contributed by atoms with Crippen LogP contribution in [-0.2, 0) is 13.1 Å². The Morgan fingerprint density at radius 3 is 2.50 bits per heavy atom. The van der Waals surface area contributed by atoms with Gasteiger partial charge in [-0.15, -0.1) is 13.2 Å². The molecule has 7 heteroatoms. The molecule has 128 valence electrons. The number of hydrogen-bond acceptors (Lipinski definition) is 3. The van der Waals surface area contributed by atoms with Gasteiger partial charge in [-0.2, -0.15) is 0 Å². The second-order valence-electron chi connectivity index (χ2n) is 5.47. The molecule has 0 N–H and O–H groups in total. The number of alkyl halides is 4. The van der Waals surface area contributed by atoms with Crippen LogP contribution < -0.4 is 9.47 Å². The smallest absolute Gasteiger partial charge is 0.496 e. The molecule has 0 amide bonds. The van der Waals surface area contributed by atoms with Crippen molar-refractivity contribution in [1.82, 2.24) is 4.90 Å². The molecule has 1 aliphatic rings. The summed E-state index contributed by atoms with van der Waals surface area (Å²) in [4.78, 5) is 2.17. The lowest BCUT2D eigenvalue weighted by molar-refractivity contribution is -0.274. The first-order valence-corrected chi connectivity index (χ1v) is 8.17. The Morgan fingerprint density at radius 2 is 1.88 bits per heavy atom. The molecule has 0 spiro atoms. The molecule has 2 aromatic rings. The third-order valence-corrected chi connectivity index (χ3v) is 4.89. The van der Waals surface area contributed by atoms with E-state index < -0.39 is 6.36 Å². The molecule has 0 radical (unpaired) electrons. The van der Waals surface area contributed by atoms with Gasteiger partial charge in [0.15, 0.2) is 0 Å². The fraction of sp³-hybridized carbons (Fsp3) is 0.294. The van der Waals surface area contributed by atoms with Crippen LogP contribution in [0, 0.1) is 0 Å². The topological polar surface area (TPSA) is 21.7 Å². The summed E-state index contributed by atoms with van der Waals surface area (Å²) in [5.41, 5.74) is 3.17. The van der Waals surface area contributed by atoms with Crippen molar-refractivity contribution >= 4 is 15.9 Å². The lowest BCUT2D eigenvalue weighted by Crippen LogP contribution is -2.18. The predicted molar refractivity (Wildman–Crippen MR) is 87.0 cm³/mol. The van der Waals surface area contributed by atoms with Crippen LogP contribution in [0.25, 0.3) is 0 Å².